The fraction of sp³-hybridized carbons (Fsp3) is 0.543. The lowest BCUT2D eigenvalue weighted by Gasteiger charge is -2.38. The van der Waals surface area contributed by atoms with Crippen LogP contribution in [0.4, 0.5) is 11.6 Å². The Morgan fingerprint density at radius 2 is 1.84 bits per heavy atom. The molecule has 1 saturated heterocycles. The van der Waals surface area contributed by atoms with E-state index < -0.39 is 0 Å². The predicted octanol–water partition coefficient (Wildman–Crippen LogP) is 5.02. The summed E-state index contributed by atoms with van der Waals surface area (Å²) in [4.78, 5) is 15.8. The second-order valence-electron chi connectivity index (χ2n) is 13.3. The summed E-state index contributed by atoms with van der Waals surface area (Å²) in [7, 11) is 1.71. The number of benzene rings is 1. The molecule has 1 aliphatic heterocycles. The summed E-state index contributed by atoms with van der Waals surface area (Å²) in [5, 5.41) is 22.1. The van der Waals surface area contributed by atoms with Crippen LogP contribution in [-0.4, -0.2) is 97.2 Å². The van der Waals surface area contributed by atoms with Gasteiger partial charge in [0.05, 0.1) is 49.8 Å². The molecule has 0 spiro atoms. The van der Waals surface area contributed by atoms with Crippen LogP contribution in [0, 0.1) is 11.3 Å². The maximum atomic E-state index is 9.69. The molecule has 1 unspecified atom stereocenters. The largest absolute Gasteiger partial charge is 0.487 e. The summed E-state index contributed by atoms with van der Waals surface area (Å²) in [6.45, 7) is 10.6. The van der Waals surface area contributed by atoms with Gasteiger partial charge >= 0.3 is 0 Å². The number of rotatable bonds is 14. The molecule has 1 atom stereocenters. The highest BCUT2D eigenvalue weighted by Crippen LogP contribution is 2.35. The fourth-order valence-corrected chi connectivity index (χ4v) is 6.28. The zero-order chi connectivity index (χ0) is 34.2. The number of nitrogens with one attached hydrogen (secondary N) is 1. The van der Waals surface area contributed by atoms with Gasteiger partial charge in [0.15, 0.2) is 0 Å². The topological polar surface area (TPSA) is 150 Å². The standard InChI is InChI=1S/C35H46N10O4/c1-25(21-44-24-37-23-40-44)49-32-17-26(5-6-27(32)18-36)28-19-38-34(39-20-28)41-31-22-45(42-33(31)48-14-11-35(2,3)46-4)30-9-7-29(8-10-30)43-12-15-47-16-13-43/h5-6,17,19-20,22-25,29-30H,7-16,21H2,1-4H3,(H,38,39,41). The van der Waals surface area contributed by atoms with Crippen molar-refractivity contribution in [1.29, 1.82) is 5.26 Å². The van der Waals surface area contributed by atoms with Crippen molar-refractivity contribution < 1.29 is 18.9 Å². The average Bonchev–Trinajstić information content (AvgIpc) is 3.79. The Hall–Kier alpha value is -4.58. The van der Waals surface area contributed by atoms with E-state index in [1.54, 1.807) is 36.6 Å². The normalized spacial score (nSPS) is 19.2. The van der Waals surface area contributed by atoms with Crippen LogP contribution in [-0.2, 0) is 16.0 Å². The van der Waals surface area contributed by atoms with Crippen LogP contribution in [0.5, 0.6) is 11.6 Å². The summed E-state index contributed by atoms with van der Waals surface area (Å²) in [6.07, 6.45) is 13.5. The molecule has 14 nitrogen and oxygen atoms in total. The van der Waals surface area contributed by atoms with Crippen molar-refractivity contribution in [2.75, 3.05) is 45.3 Å². The van der Waals surface area contributed by atoms with E-state index in [-0.39, 0.29) is 11.7 Å². The van der Waals surface area contributed by atoms with E-state index in [0.717, 1.165) is 63.1 Å². The molecule has 0 amide bonds. The summed E-state index contributed by atoms with van der Waals surface area (Å²) >= 11 is 0. The minimum Gasteiger partial charge on any atom is -0.487 e. The minimum atomic E-state index is -0.307. The summed E-state index contributed by atoms with van der Waals surface area (Å²) in [5.74, 6) is 1.43. The molecule has 4 heterocycles. The Kier molecular flexibility index (Phi) is 11.0. The molecule has 3 aromatic heterocycles. The van der Waals surface area contributed by atoms with E-state index in [1.807, 2.05) is 43.8 Å². The molecule has 4 aromatic rings. The number of hydrogen-bond acceptors (Lipinski definition) is 12. The quantitative estimate of drug-likeness (QED) is 0.192. The van der Waals surface area contributed by atoms with E-state index in [9.17, 15) is 5.26 Å². The third kappa shape index (κ3) is 8.91. The van der Waals surface area contributed by atoms with Crippen molar-refractivity contribution in [2.45, 2.75) is 83.2 Å². The fourth-order valence-electron chi connectivity index (χ4n) is 6.28. The summed E-state index contributed by atoms with van der Waals surface area (Å²) < 4.78 is 27.2. The Balaban J connectivity index is 1.15. The van der Waals surface area contributed by atoms with Crippen molar-refractivity contribution in [2.24, 2.45) is 0 Å². The molecule has 14 heteroatoms. The second kappa shape index (κ2) is 15.8. The summed E-state index contributed by atoms with van der Waals surface area (Å²) in [5.41, 5.74) is 2.47. The third-order valence-electron chi connectivity index (χ3n) is 9.37. The zero-order valence-corrected chi connectivity index (χ0v) is 28.8. The molecule has 0 radical (unpaired) electrons. The Bertz CT molecular complexity index is 1670. The Morgan fingerprint density at radius 3 is 2.53 bits per heavy atom. The highest BCUT2D eigenvalue weighted by Gasteiger charge is 2.29. The number of aromatic nitrogens is 7. The lowest BCUT2D eigenvalue weighted by atomic mass is 9.90. The monoisotopic (exact) mass is 670 g/mol. The molecule has 0 bridgehead atoms. The van der Waals surface area contributed by atoms with E-state index >= 15 is 0 Å². The van der Waals surface area contributed by atoms with Crippen molar-refractivity contribution in [3.63, 3.8) is 0 Å². The molecule has 260 valence electrons. The van der Waals surface area contributed by atoms with Crippen LogP contribution < -0.4 is 14.8 Å². The molecule has 1 aromatic carbocycles. The van der Waals surface area contributed by atoms with Gasteiger partial charge < -0.3 is 24.3 Å². The van der Waals surface area contributed by atoms with Gasteiger partial charge in [0.2, 0.25) is 5.95 Å². The molecule has 1 aliphatic carbocycles. The van der Waals surface area contributed by atoms with Gasteiger partial charge in [-0.1, -0.05) is 6.07 Å². The van der Waals surface area contributed by atoms with Gasteiger partial charge in [-0.3, -0.25) is 9.58 Å². The van der Waals surface area contributed by atoms with Crippen molar-refractivity contribution >= 4 is 11.6 Å². The van der Waals surface area contributed by atoms with Crippen LogP contribution in [0.25, 0.3) is 11.1 Å². The zero-order valence-electron chi connectivity index (χ0n) is 28.8. The Morgan fingerprint density at radius 1 is 1.08 bits per heavy atom. The first kappa shape index (κ1) is 34.3. The lowest BCUT2D eigenvalue weighted by Crippen LogP contribution is -2.45. The van der Waals surface area contributed by atoms with E-state index in [1.165, 1.54) is 6.33 Å². The van der Waals surface area contributed by atoms with Crippen molar-refractivity contribution in [3.05, 3.63) is 55.0 Å². The number of nitriles is 1. The maximum absolute atomic E-state index is 9.69. The molecule has 49 heavy (non-hydrogen) atoms. The van der Waals surface area contributed by atoms with Crippen LogP contribution in [0.1, 0.15) is 64.5 Å². The van der Waals surface area contributed by atoms with Crippen molar-refractivity contribution in [1.82, 2.24) is 39.4 Å². The van der Waals surface area contributed by atoms with Gasteiger partial charge in [0.1, 0.15) is 36.3 Å². The predicted molar refractivity (Wildman–Crippen MR) is 183 cm³/mol. The number of nitrogens with zero attached hydrogens (tertiary/aromatic N) is 9. The van der Waals surface area contributed by atoms with Crippen molar-refractivity contribution in [3.8, 4) is 28.8 Å². The van der Waals surface area contributed by atoms with E-state index in [2.05, 4.69) is 36.3 Å². The van der Waals surface area contributed by atoms with Crippen LogP contribution >= 0.6 is 0 Å². The smallest absolute Gasteiger partial charge is 0.256 e. The van der Waals surface area contributed by atoms with E-state index in [4.69, 9.17) is 24.0 Å². The molecular weight excluding hydrogens is 624 g/mol. The minimum absolute atomic E-state index is 0.232. The molecule has 1 saturated carbocycles. The highest BCUT2D eigenvalue weighted by molar-refractivity contribution is 5.67. The number of anilines is 2. The van der Waals surface area contributed by atoms with Gasteiger partial charge in [-0.15, -0.1) is 5.10 Å². The first-order valence-corrected chi connectivity index (χ1v) is 17.0. The number of methoxy groups -OCH3 is 1. The second-order valence-corrected chi connectivity index (χ2v) is 13.3. The number of morpholine rings is 1. The Labute approximate surface area is 287 Å². The van der Waals surface area contributed by atoms with Crippen LogP contribution in [0.15, 0.2) is 49.4 Å². The molecule has 2 aliphatic rings. The first-order valence-electron chi connectivity index (χ1n) is 17.0. The number of hydrogen-bond donors (Lipinski definition) is 1. The van der Waals surface area contributed by atoms with Gasteiger partial charge in [-0.2, -0.15) is 10.4 Å². The highest BCUT2D eigenvalue weighted by atomic mass is 16.5. The van der Waals surface area contributed by atoms with Crippen LogP contribution in [0.3, 0.4) is 0 Å². The van der Waals surface area contributed by atoms with Gasteiger partial charge in [-0.25, -0.2) is 19.6 Å². The van der Waals surface area contributed by atoms with Gasteiger partial charge in [-0.05, 0) is 64.2 Å². The number of ether oxygens (including phenoxy) is 4. The first-order chi connectivity index (χ1) is 23.8. The summed E-state index contributed by atoms with van der Waals surface area (Å²) in [6, 6.07) is 8.56. The third-order valence-corrected chi connectivity index (χ3v) is 9.37. The van der Waals surface area contributed by atoms with E-state index in [0.29, 0.717) is 60.5 Å². The lowest BCUT2D eigenvalue weighted by molar-refractivity contribution is 0.00409. The molecule has 2 fully saturated rings. The molecule has 1 N–H and O–H groups in total. The van der Waals surface area contributed by atoms with Gasteiger partial charge in [0, 0.05) is 50.6 Å². The average molecular weight is 671 g/mol. The SMILES string of the molecule is COC(C)(C)CCOc1nn(C2CCC(N3CCOCC3)CC2)cc1Nc1ncc(-c2ccc(C#N)c(OC(C)Cn3cncn3)c2)cn1. The molecular formula is C35H46N10O4. The maximum Gasteiger partial charge on any atom is 0.256 e. The van der Waals surface area contributed by atoms with Crippen LogP contribution in [0.2, 0.25) is 0 Å². The van der Waals surface area contributed by atoms with Gasteiger partial charge in [0.25, 0.3) is 5.88 Å². The molecule has 6 rings (SSSR count).